The predicted octanol–water partition coefficient (Wildman–Crippen LogP) is 17.6. The average Bonchev–Trinajstić information content (AvgIpc) is 3.29. The molecule has 0 aromatic heterocycles. The molecule has 0 aliphatic heterocycles. The van der Waals surface area contributed by atoms with Gasteiger partial charge in [0.1, 0.15) is 13.2 Å². The molecule has 1 atom stereocenters. The van der Waals surface area contributed by atoms with Crippen molar-refractivity contribution in [1.29, 1.82) is 0 Å². The molecule has 0 aliphatic carbocycles. The van der Waals surface area contributed by atoms with Crippen LogP contribution in [0.2, 0.25) is 0 Å². The molecule has 6 heteroatoms. The zero-order chi connectivity index (χ0) is 46.5. The van der Waals surface area contributed by atoms with Crippen LogP contribution in [0.1, 0.15) is 245 Å². The van der Waals surface area contributed by atoms with Crippen LogP contribution in [0.3, 0.4) is 0 Å². The van der Waals surface area contributed by atoms with Gasteiger partial charge in [-0.25, -0.2) is 0 Å². The second kappa shape index (κ2) is 52.2. The number of unbranched alkanes of at least 4 members (excludes halogenated alkanes) is 25. The van der Waals surface area contributed by atoms with E-state index in [-0.39, 0.29) is 44.0 Å². The molecular formula is C58H98O6. The summed E-state index contributed by atoms with van der Waals surface area (Å²) in [6.07, 6.45) is 67.2. The van der Waals surface area contributed by atoms with Gasteiger partial charge in [-0.05, 0) is 83.5 Å². The molecule has 0 bridgehead atoms. The Balaban J connectivity index is 4.47. The SMILES string of the molecule is CC\C=C/C=C\C=C/C=C\CCCCCCCC(=O)OC(COC(=O)CC/C=C\C/C=C\CCCCCCCC)COC(=O)CCCCCCC/C=C\CCCCCCCCCCC. The molecule has 0 radical (unpaired) electrons. The Morgan fingerprint density at radius 1 is 0.344 bits per heavy atom. The first kappa shape index (κ1) is 60.6. The molecule has 1 unspecified atom stereocenters. The molecule has 0 N–H and O–H groups in total. The van der Waals surface area contributed by atoms with E-state index in [0.717, 1.165) is 89.9 Å². The van der Waals surface area contributed by atoms with Crippen molar-refractivity contribution < 1.29 is 28.6 Å². The lowest BCUT2D eigenvalue weighted by atomic mass is 10.1. The molecule has 0 amide bonds. The van der Waals surface area contributed by atoms with E-state index in [1.165, 1.54) is 109 Å². The average molecular weight is 891 g/mol. The number of allylic oxidation sites excluding steroid dienone is 14. The molecule has 0 rings (SSSR count). The summed E-state index contributed by atoms with van der Waals surface area (Å²) in [5.41, 5.74) is 0. The summed E-state index contributed by atoms with van der Waals surface area (Å²) in [5.74, 6) is -1.01. The Labute approximate surface area is 395 Å². The van der Waals surface area contributed by atoms with E-state index in [2.05, 4.69) is 75.5 Å². The molecule has 0 saturated carbocycles. The smallest absolute Gasteiger partial charge is 0.306 e. The number of esters is 3. The number of rotatable bonds is 47. The van der Waals surface area contributed by atoms with Gasteiger partial charge in [0.05, 0.1) is 0 Å². The molecule has 366 valence electrons. The monoisotopic (exact) mass is 891 g/mol. The Bertz CT molecular complexity index is 1250. The molecule has 0 aromatic rings. The Morgan fingerprint density at radius 3 is 1.19 bits per heavy atom. The van der Waals surface area contributed by atoms with Crippen LogP contribution in [0, 0.1) is 0 Å². The minimum atomic E-state index is -0.815. The number of carbonyl (C=O) groups is 3. The van der Waals surface area contributed by atoms with Crippen LogP contribution in [-0.4, -0.2) is 37.2 Å². The standard InChI is InChI=1S/C58H98O6/c1-4-7-10-13-16-19-22-25-27-28-29-31-33-36-39-42-45-48-51-57(60)63-54-55(53-62-56(59)50-47-44-41-38-35-32-24-21-18-15-12-9-6-3)64-58(61)52-49-46-43-40-37-34-30-26-23-20-17-14-11-8-5-2/h8,11,14,17,20,23,26,29-32,35,41,44,55H,4-7,9-10,12-13,15-16,18-19,21-22,24-25,27-28,33-34,36-40,42-43,45-54H2,1-3H3/b11-8-,17-14-,23-20-,30-26-,31-29-,35-32-,44-41-. The first-order valence-electron chi connectivity index (χ1n) is 26.6. The molecule has 0 aliphatic rings. The van der Waals surface area contributed by atoms with E-state index in [1.54, 1.807) is 0 Å². The summed E-state index contributed by atoms with van der Waals surface area (Å²) in [4.78, 5) is 38.0. The fourth-order valence-corrected chi connectivity index (χ4v) is 7.21. The van der Waals surface area contributed by atoms with Gasteiger partial charge in [-0.2, -0.15) is 0 Å². The highest BCUT2D eigenvalue weighted by Crippen LogP contribution is 2.14. The molecule has 0 saturated heterocycles. The Kier molecular flexibility index (Phi) is 49.4. The zero-order valence-electron chi connectivity index (χ0n) is 41.8. The second-order valence-corrected chi connectivity index (χ2v) is 17.5. The summed E-state index contributed by atoms with van der Waals surface area (Å²) >= 11 is 0. The van der Waals surface area contributed by atoms with Crippen LogP contribution < -0.4 is 0 Å². The maximum absolute atomic E-state index is 12.8. The van der Waals surface area contributed by atoms with E-state index in [1.807, 2.05) is 30.4 Å². The van der Waals surface area contributed by atoms with Crippen LogP contribution in [0.15, 0.2) is 85.1 Å². The van der Waals surface area contributed by atoms with E-state index in [0.29, 0.717) is 12.8 Å². The molecule has 6 nitrogen and oxygen atoms in total. The summed E-state index contributed by atoms with van der Waals surface area (Å²) in [6, 6.07) is 0. The normalized spacial score (nSPS) is 12.7. The summed E-state index contributed by atoms with van der Waals surface area (Å²) in [6.45, 7) is 6.41. The molecular weight excluding hydrogens is 793 g/mol. The number of hydrogen-bond donors (Lipinski definition) is 0. The van der Waals surface area contributed by atoms with Crippen molar-refractivity contribution in [3.8, 4) is 0 Å². The van der Waals surface area contributed by atoms with Gasteiger partial charge >= 0.3 is 17.9 Å². The van der Waals surface area contributed by atoms with Crippen molar-refractivity contribution in [2.75, 3.05) is 13.2 Å². The van der Waals surface area contributed by atoms with Gasteiger partial charge in [-0.3, -0.25) is 14.4 Å². The Morgan fingerprint density at radius 2 is 0.703 bits per heavy atom. The van der Waals surface area contributed by atoms with Crippen LogP contribution in [0.5, 0.6) is 0 Å². The van der Waals surface area contributed by atoms with Gasteiger partial charge in [-0.15, -0.1) is 0 Å². The van der Waals surface area contributed by atoms with E-state index < -0.39 is 6.10 Å². The second-order valence-electron chi connectivity index (χ2n) is 17.5. The third-order valence-corrected chi connectivity index (χ3v) is 11.2. The lowest BCUT2D eigenvalue weighted by molar-refractivity contribution is -0.166. The van der Waals surface area contributed by atoms with Crippen LogP contribution >= 0.6 is 0 Å². The first-order chi connectivity index (χ1) is 31.5. The van der Waals surface area contributed by atoms with Crippen LogP contribution in [0.4, 0.5) is 0 Å². The maximum Gasteiger partial charge on any atom is 0.306 e. The summed E-state index contributed by atoms with van der Waals surface area (Å²) in [5, 5.41) is 0. The number of ether oxygens (including phenoxy) is 3. The summed E-state index contributed by atoms with van der Waals surface area (Å²) in [7, 11) is 0. The van der Waals surface area contributed by atoms with Crippen LogP contribution in [-0.2, 0) is 28.6 Å². The van der Waals surface area contributed by atoms with Crippen molar-refractivity contribution in [3.05, 3.63) is 85.1 Å². The van der Waals surface area contributed by atoms with Gasteiger partial charge < -0.3 is 14.2 Å². The highest BCUT2D eigenvalue weighted by Gasteiger charge is 2.19. The number of hydrogen-bond acceptors (Lipinski definition) is 6. The molecule has 0 fully saturated rings. The molecule has 0 aromatic carbocycles. The minimum Gasteiger partial charge on any atom is -0.462 e. The van der Waals surface area contributed by atoms with Crippen molar-refractivity contribution in [1.82, 2.24) is 0 Å². The highest BCUT2D eigenvalue weighted by molar-refractivity contribution is 5.71. The molecule has 64 heavy (non-hydrogen) atoms. The lowest BCUT2D eigenvalue weighted by Gasteiger charge is -2.18. The van der Waals surface area contributed by atoms with Gasteiger partial charge in [-0.1, -0.05) is 228 Å². The van der Waals surface area contributed by atoms with Crippen molar-refractivity contribution in [2.24, 2.45) is 0 Å². The molecule has 0 spiro atoms. The lowest BCUT2D eigenvalue weighted by Crippen LogP contribution is -2.30. The van der Waals surface area contributed by atoms with Gasteiger partial charge in [0.25, 0.3) is 0 Å². The van der Waals surface area contributed by atoms with Crippen molar-refractivity contribution in [3.63, 3.8) is 0 Å². The van der Waals surface area contributed by atoms with Crippen LogP contribution in [0.25, 0.3) is 0 Å². The maximum atomic E-state index is 12.8. The minimum absolute atomic E-state index is 0.108. The van der Waals surface area contributed by atoms with E-state index in [4.69, 9.17) is 14.2 Å². The Hall–Kier alpha value is -3.41. The van der Waals surface area contributed by atoms with Gasteiger partial charge in [0.15, 0.2) is 6.10 Å². The highest BCUT2D eigenvalue weighted by atomic mass is 16.6. The molecule has 0 heterocycles. The summed E-state index contributed by atoms with van der Waals surface area (Å²) < 4.78 is 16.7. The van der Waals surface area contributed by atoms with Gasteiger partial charge in [0.2, 0.25) is 0 Å². The third kappa shape index (κ3) is 49.6. The fraction of sp³-hybridized carbons (Fsp3) is 0.707. The third-order valence-electron chi connectivity index (χ3n) is 11.2. The predicted molar refractivity (Wildman–Crippen MR) is 274 cm³/mol. The fourth-order valence-electron chi connectivity index (χ4n) is 7.21. The number of carbonyl (C=O) groups excluding carboxylic acids is 3. The van der Waals surface area contributed by atoms with Crippen molar-refractivity contribution >= 4 is 17.9 Å². The van der Waals surface area contributed by atoms with E-state index >= 15 is 0 Å². The zero-order valence-corrected chi connectivity index (χ0v) is 41.8. The van der Waals surface area contributed by atoms with E-state index in [9.17, 15) is 14.4 Å². The first-order valence-corrected chi connectivity index (χ1v) is 26.6. The van der Waals surface area contributed by atoms with Gasteiger partial charge in [0, 0.05) is 19.3 Å². The quantitative estimate of drug-likeness (QED) is 0.0199. The largest absolute Gasteiger partial charge is 0.462 e. The van der Waals surface area contributed by atoms with Crippen molar-refractivity contribution in [2.45, 2.75) is 252 Å². The topological polar surface area (TPSA) is 78.9 Å².